The molecule has 0 spiro atoms. The molecule has 23 nitrogen and oxygen atoms in total. The van der Waals surface area contributed by atoms with Crippen molar-refractivity contribution < 1.29 is 63.0 Å². The Morgan fingerprint density at radius 1 is 0.740 bits per heavy atom. The van der Waals surface area contributed by atoms with Gasteiger partial charge in [-0.1, -0.05) is 74.4 Å². The van der Waals surface area contributed by atoms with Crippen LogP contribution in [0.2, 0.25) is 0 Å². The number of thioether (sulfide) groups is 2. The van der Waals surface area contributed by atoms with E-state index in [0.717, 1.165) is 24.0 Å². The number of benzene rings is 2. The number of rotatable bonds is 16. The quantitative estimate of drug-likeness (QED) is 0.0947. The predicted molar refractivity (Wildman–Crippen MR) is 286 cm³/mol. The van der Waals surface area contributed by atoms with Gasteiger partial charge in [-0.15, -0.1) is 0 Å². The highest BCUT2D eigenvalue weighted by molar-refractivity contribution is 7.98. The van der Waals surface area contributed by atoms with Crippen molar-refractivity contribution in [2.45, 2.75) is 157 Å². The number of carbonyl (C=O) groups excluding carboxylic acids is 10. The van der Waals surface area contributed by atoms with Crippen molar-refractivity contribution >= 4 is 88.6 Å². The van der Waals surface area contributed by atoms with Gasteiger partial charge in [0.05, 0.1) is 12.5 Å². The first-order chi connectivity index (χ1) is 36.8. The molecule has 0 radical (unpaired) electrons. The molecule has 2 aromatic rings. The third-order valence-corrected chi connectivity index (χ3v) is 15.6. The second-order valence-electron chi connectivity index (χ2n) is 19.5. The van der Waals surface area contributed by atoms with Crippen molar-refractivity contribution in [3.63, 3.8) is 0 Å². The van der Waals surface area contributed by atoms with Crippen LogP contribution in [0.5, 0.6) is 0 Å². The molecule has 3 aliphatic rings. The highest BCUT2D eigenvalue weighted by Gasteiger charge is 2.45. The molecule has 2 aromatic carbocycles. The number of amides is 10. The average Bonchev–Trinajstić information content (AvgIpc) is 4.10. The molecule has 2 fully saturated rings. The molecule has 0 aliphatic carbocycles. The normalized spacial score (nSPS) is 24.3. The summed E-state index contributed by atoms with van der Waals surface area (Å²) in [5.41, 5.74) is 13.1. The summed E-state index contributed by atoms with van der Waals surface area (Å²) in [5, 5.41) is 35.9. The Balaban J connectivity index is 1.53. The smallest absolute Gasteiger partial charge is 0.305 e. The summed E-state index contributed by atoms with van der Waals surface area (Å²) in [6, 6.07) is 4.91. The Bertz CT molecular complexity index is 2450. The molecule has 9 atom stereocenters. The molecular weight excluding hydrogens is 1040 g/mol. The van der Waals surface area contributed by atoms with Crippen LogP contribution in [0.15, 0.2) is 54.6 Å². The van der Waals surface area contributed by atoms with Gasteiger partial charge in [-0.3, -0.25) is 52.7 Å². The molecule has 2 saturated heterocycles. The van der Waals surface area contributed by atoms with Crippen molar-refractivity contribution in [1.29, 1.82) is 0 Å². The highest BCUT2D eigenvalue weighted by Crippen LogP contribution is 2.27. The molecule has 10 amide bonds. The third kappa shape index (κ3) is 18.8. The predicted octanol–water partition coefficient (Wildman–Crippen LogP) is -0.513. The monoisotopic (exact) mass is 1110 g/mol. The molecule has 420 valence electrons. The molecular formula is C52H72N10O13S2. The Labute approximate surface area is 455 Å². The second-order valence-corrected chi connectivity index (χ2v) is 21.5. The summed E-state index contributed by atoms with van der Waals surface area (Å²) in [5.74, 6) is -8.69. The summed E-state index contributed by atoms with van der Waals surface area (Å²) in [6.07, 6.45) is 0.447. The Kier molecular flexibility index (Phi) is 24.0. The maximum absolute atomic E-state index is 14.5. The second kappa shape index (κ2) is 30.3. The lowest BCUT2D eigenvalue weighted by molar-refractivity contribution is -0.148. The number of fused-ring (bicyclic) bond motifs is 4. The number of nitrogens with one attached hydrogen (secondary N) is 6. The number of nitrogens with zero attached hydrogens (tertiary/aromatic N) is 2. The lowest BCUT2D eigenvalue weighted by Gasteiger charge is -2.33. The van der Waals surface area contributed by atoms with E-state index in [2.05, 4.69) is 31.9 Å². The Morgan fingerprint density at radius 2 is 1.36 bits per heavy atom. The van der Waals surface area contributed by atoms with E-state index in [-0.39, 0.29) is 55.5 Å². The van der Waals surface area contributed by atoms with Crippen LogP contribution >= 0.6 is 23.5 Å². The summed E-state index contributed by atoms with van der Waals surface area (Å²) in [6.45, 7) is 3.62. The molecule has 77 heavy (non-hydrogen) atoms. The fraction of sp³-hybridized carbons (Fsp3) is 0.558. The zero-order valence-corrected chi connectivity index (χ0v) is 45.0. The number of aliphatic carboxylic acids is 1. The van der Waals surface area contributed by atoms with Crippen LogP contribution in [0.3, 0.4) is 0 Å². The van der Waals surface area contributed by atoms with Crippen molar-refractivity contribution in [3.05, 3.63) is 71.3 Å². The molecule has 3 heterocycles. The standard InChI is InChI=1S/C52H72N10O13S2/c1-3-4-6-18-42(65)55-38-29-77-27-33-15-9-14-32(23-33)26-76-28-37(48(71)57-35(45(54)68)25-43(66)67)59-47(70)36(24-31-12-7-5-8-13-31)58-46(69)34(19-20-41(53)64)56-50(73)44(30(2)63)60-49(72)39-16-10-21-61(39)52(75)40-17-11-22-62(40)51(38)74/h5,7-9,12-15,23,30,34-40,44,63H,3-4,6,10-11,16-22,24-29H2,1-2H3,(H2,53,64)(H2,54,68)(H,55,65)(H,56,73)(H,57,71)(H,58,69)(H,59,70)(H,60,72)(H,66,67)/t30-,34+,35+,36+,37+,38+,39+,40+,44+/m1/s1. The molecule has 0 unspecified atom stereocenters. The van der Waals surface area contributed by atoms with E-state index >= 15 is 0 Å². The number of hydrogen-bond acceptors (Lipinski definition) is 14. The molecule has 25 heteroatoms. The van der Waals surface area contributed by atoms with Crippen molar-refractivity contribution in [3.8, 4) is 0 Å². The number of hydrogen-bond donors (Lipinski definition) is 10. The minimum absolute atomic E-state index is 0.148. The lowest BCUT2D eigenvalue weighted by atomic mass is 10.0. The van der Waals surface area contributed by atoms with E-state index in [1.54, 1.807) is 30.3 Å². The van der Waals surface area contributed by atoms with Crippen molar-refractivity contribution in [1.82, 2.24) is 41.7 Å². The van der Waals surface area contributed by atoms with Gasteiger partial charge in [-0.25, -0.2) is 0 Å². The van der Waals surface area contributed by atoms with E-state index < -0.39 is 133 Å². The van der Waals surface area contributed by atoms with E-state index in [4.69, 9.17) is 11.5 Å². The molecule has 0 aromatic heterocycles. The number of aliphatic hydroxyl groups is 1. The minimum atomic E-state index is -1.72. The molecule has 5 rings (SSSR count). The van der Waals surface area contributed by atoms with E-state index in [1.165, 1.54) is 40.2 Å². The van der Waals surface area contributed by atoms with E-state index in [0.29, 0.717) is 37.0 Å². The lowest BCUT2D eigenvalue weighted by Crippen LogP contribution is -2.62. The summed E-state index contributed by atoms with van der Waals surface area (Å²) >= 11 is 2.60. The van der Waals surface area contributed by atoms with Crippen LogP contribution in [0.25, 0.3) is 0 Å². The van der Waals surface area contributed by atoms with Gasteiger partial charge < -0.3 is 63.4 Å². The fourth-order valence-corrected chi connectivity index (χ4v) is 11.3. The maximum Gasteiger partial charge on any atom is 0.305 e. The summed E-state index contributed by atoms with van der Waals surface area (Å²) in [7, 11) is 0. The SMILES string of the molecule is CCCCCC(=O)N[C@H]1CSCc2cccc(c2)CSC[C@@H](C(=O)N[C@@H](CC(=O)O)C(N)=O)NC(=O)[C@H](Cc2ccccc2)NC(=O)[C@H](CCC(N)=O)NC(=O)[C@H]([C@@H](C)O)NC(=O)[C@@H]2CCCN2C(=O)[C@@H]2CCCN2C1=O. The largest absolute Gasteiger partial charge is 0.481 e. The van der Waals surface area contributed by atoms with E-state index in [1.807, 2.05) is 31.2 Å². The number of carboxylic acid groups (broad SMARTS) is 1. The van der Waals surface area contributed by atoms with Crippen LogP contribution in [-0.4, -0.2) is 164 Å². The Morgan fingerprint density at radius 3 is 1.99 bits per heavy atom. The zero-order valence-electron chi connectivity index (χ0n) is 43.4. The number of carbonyl (C=O) groups is 11. The maximum atomic E-state index is 14.5. The van der Waals surface area contributed by atoms with Crippen molar-refractivity contribution in [2.24, 2.45) is 11.5 Å². The molecule has 3 aliphatic heterocycles. The minimum Gasteiger partial charge on any atom is -0.481 e. The van der Waals surface area contributed by atoms with Gasteiger partial charge in [-0.2, -0.15) is 23.5 Å². The summed E-state index contributed by atoms with van der Waals surface area (Å²) < 4.78 is 0. The number of primary amides is 2. The number of unbranched alkanes of at least 4 members (excludes halogenated alkanes) is 2. The van der Waals surface area contributed by atoms with Crippen LogP contribution in [0.4, 0.5) is 0 Å². The number of aliphatic hydroxyl groups excluding tert-OH is 1. The topological polar surface area (TPSA) is 359 Å². The van der Waals surface area contributed by atoms with Crippen molar-refractivity contribution in [2.75, 3.05) is 24.6 Å². The third-order valence-electron chi connectivity index (χ3n) is 13.4. The van der Waals surface area contributed by atoms with E-state index in [9.17, 15) is 63.0 Å². The van der Waals surface area contributed by atoms with Crippen LogP contribution in [0, 0.1) is 0 Å². The van der Waals surface area contributed by atoms with Gasteiger partial charge in [0.2, 0.25) is 59.1 Å². The zero-order chi connectivity index (χ0) is 56.2. The average molecular weight is 1110 g/mol. The number of carboxylic acids is 1. The number of nitrogens with two attached hydrogens (primary N) is 2. The first-order valence-corrected chi connectivity index (χ1v) is 28.2. The van der Waals surface area contributed by atoms with Crippen LogP contribution < -0.4 is 43.4 Å². The highest BCUT2D eigenvalue weighted by atomic mass is 32.2. The van der Waals surface area contributed by atoms with Crippen LogP contribution in [-0.2, 0) is 70.7 Å². The molecule has 0 saturated carbocycles. The summed E-state index contributed by atoms with van der Waals surface area (Å²) in [4.78, 5) is 152. The van der Waals surface area contributed by atoms with Gasteiger partial charge in [0, 0.05) is 55.4 Å². The molecule has 12 N–H and O–H groups in total. The van der Waals surface area contributed by atoms with Gasteiger partial charge >= 0.3 is 5.97 Å². The van der Waals surface area contributed by atoms with Gasteiger partial charge in [-0.05, 0) is 62.1 Å². The van der Waals surface area contributed by atoms with Gasteiger partial charge in [0.1, 0.15) is 48.3 Å². The van der Waals surface area contributed by atoms with Gasteiger partial charge in [0.25, 0.3) is 0 Å². The first kappa shape index (κ1) is 61.1. The fourth-order valence-electron chi connectivity index (χ4n) is 9.28. The molecule has 2 bridgehead atoms. The first-order valence-electron chi connectivity index (χ1n) is 25.9. The van der Waals surface area contributed by atoms with Gasteiger partial charge in [0.15, 0.2) is 0 Å². The van der Waals surface area contributed by atoms with Crippen LogP contribution in [0.1, 0.15) is 101 Å². The Hall–Kier alpha value is -6.73.